The lowest BCUT2D eigenvalue weighted by molar-refractivity contribution is -0.114. The summed E-state index contributed by atoms with van der Waals surface area (Å²) in [4.78, 5) is 12.7. The quantitative estimate of drug-likeness (QED) is 0.622. The van der Waals surface area contributed by atoms with Gasteiger partial charge in [0.1, 0.15) is 6.54 Å². The lowest BCUT2D eigenvalue weighted by Crippen LogP contribution is -2.35. The van der Waals surface area contributed by atoms with Gasteiger partial charge in [-0.1, -0.05) is 37.3 Å². The summed E-state index contributed by atoms with van der Waals surface area (Å²) in [6, 6.07) is 14.6. The van der Waals surface area contributed by atoms with Crippen molar-refractivity contribution in [3.05, 3.63) is 60.2 Å². The average molecular weight is 446 g/mol. The van der Waals surface area contributed by atoms with Crippen LogP contribution in [0.2, 0.25) is 0 Å². The van der Waals surface area contributed by atoms with Gasteiger partial charge < -0.3 is 5.32 Å². The molecule has 3 aromatic rings. The number of aryl methyl sites for hydroxylation is 1. The van der Waals surface area contributed by atoms with Gasteiger partial charge in [0.15, 0.2) is 0 Å². The van der Waals surface area contributed by atoms with Crippen LogP contribution < -0.4 is 14.8 Å². The van der Waals surface area contributed by atoms with Crippen LogP contribution in [0.4, 0.5) is 11.4 Å². The van der Waals surface area contributed by atoms with E-state index in [1.54, 1.807) is 37.3 Å². The maximum Gasteiger partial charge on any atom is 0.265 e. The molecule has 0 unspecified atom stereocenters. The molecule has 0 fully saturated rings. The van der Waals surface area contributed by atoms with Crippen molar-refractivity contribution in [1.82, 2.24) is 0 Å². The van der Waals surface area contributed by atoms with Gasteiger partial charge in [0, 0.05) is 11.1 Å². The van der Waals surface area contributed by atoms with Gasteiger partial charge in [-0.3, -0.25) is 9.10 Å². The number of nitrogens with one attached hydrogen (secondary N) is 1. The zero-order chi connectivity index (χ0) is 21.7. The standard InChI is InChI=1S/C20H19N3O5S2/c1-2-13-9-10-15(11-18(13)29(21,25)26)22-19(24)12-23-16-7-3-5-14-6-4-8-17(20(14)16)30(23,27)28/h3-11H,2,12H2,1H3,(H,22,24)(H2,21,25,26). The zero-order valence-corrected chi connectivity index (χ0v) is 17.6. The molecular weight excluding hydrogens is 426 g/mol. The van der Waals surface area contributed by atoms with Crippen LogP contribution in [0.3, 0.4) is 0 Å². The molecule has 30 heavy (non-hydrogen) atoms. The molecule has 10 heteroatoms. The van der Waals surface area contributed by atoms with E-state index < -0.39 is 32.5 Å². The Kier molecular flexibility index (Phi) is 4.80. The summed E-state index contributed by atoms with van der Waals surface area (Å²) >= 11 is 0. The summed E-state index contributed by atoms with van der Waals surface area (Å²) in [7, 11) is -7.84. The van der Waals surface area contributed by atoms with E-state index in [4.69, 9.17) is 5.14 Å². The molecule has 1 aliphatic heterocycles. The van der Waals surface area contributed by atoms with Gasteiger partial charge in [-0.25, -0.2) is 22.0 Å². The van der Waals surface area contributed by atoms with Crippen molar-refractivity contribution in [1.29, 1.82) is 0 Å². The van der Waals surface area contributed by atoms with Crippen molar-refractivity contribution in [2.24, 2.45) is 5.14 Å². The van der Waals surface area contributed by atoms with E-state index in [2.05, 4.69) is 5.32 Å². The van der Waals surface area contributed by atoms with E-state index in [-0.39, 0.29) is 15.5 Å². The molecule has 1 heterocycles. The number of hydrogen-bond donors (Lipinski definition) is 2. The van der Waals surface area contributed by atoms with E-state index in [0.29, 0.717) is 23.1 Å². The maximum absolute atomic E-state index is 13.0. The third-order valence-corrected chi connectivity index (χ3v) is 7.80. The van der Waals surface area contributed by atoms with Gasteiger partial charge in [0.25, 0.3) is 10.0 Å². The number of sulfonamides is 2. The van der Waals surface area contributed by atoms with Crippen molar-refractivity contribution in [2.45, 2.75) is 23.1 Å². The largest absolute Gasteiger partial charge is 0.324 e. The van der Waals surface area contributed by atoms with Gasteiger partial charge >= 0.3 is 0 Å². The number of nitrogens with zero attached hydrogens (tertiary/aromatic N) is 1. The highest BCUT2D eigenvalue weighted by Crippen LogP contribution is 2.41. The predicted molar refractivity (Wildman–Crippen MR) is 114 cm³/mol. The second-order valence-electron chi connectivity index (χ2n) is 6.91. The number of primary sulfonamides is 1. The topological polar surface area (TPSA) is 127 Å². The molecule has 0 bridgehead atoms. The summed E-state index contributed by atoms with van der Waals surface area (Å²) in [6.45, 7) is 1.34. The fourth-order valence-corrected chi connectivity index (χ4v) is 6.18. The number of benzene rings is 3. The summed E-state index contributed by atoms with van der Waals surface area (Å²) < 4.78 is 50.6. The minimum atomic E-state index is -3.97. The van der Waals surface area contributed by atoms with E-state index >= 15 is 0 Å². The molecule has 3 aromatic carbocycles. The fourth-order valence-electron chi connectivity index (χ4n) is 3.65. The maximum atomic E-state index is 13.0. The highest BCUT2D eigenvalue weighted by atomic mass is 32.2. The van der Waals surface area contributed by atoms with Crippen molar-refractivity contribution < 1.29 is 21.6 Å². The Morgan fingerprint density at radius 2 is 1.80 bits per heavy atom. The van der Waals surface area contributed by atoms with Crippen LogP contribution in [-0.4, -0.2) is 29.3 Å². The lowest BCUT2D eigenvalue weighted by Gasteiger charge is -2.18. The number of nitrogens with two attached hydrogens (primary N) is 1. The summed E-state index contributed by atoms with van der Waals surface area (Å²) in [5, 5.41) is 9.18. The van der Waals surface area contributed by atoms with Crippen LogP contribution >= 0.6 is 0 Å². The number of carbonyl (C=O) groups is 1. The van der Waals surface area contributed by atoms with Crippen molar-refractivity contribution in [2.75, 3.05) is 16.2 Å². The molecule has 0 atom stereocenters. The normalized spacial score (nSPS) is 14.8. The summed E-state index contributed by atoms with van der Waals surface area (Å²) in [5.74, 6) is -0.604. The number of rotatable bonds is 5. The van der Waals surface area contributed by atoms with Crippen LogP contribution in [0.5, 0.6) is 0 Å². The van der Waals surface area contributed by atoms with E-state index in [9.17, 15) is 21.6 Å². The van der Waals surface area contributed by atoms with Crippen LogP contribution in [0.1, 0.15) is 12.5 Å². The fraction of sp³-hybridized carbons (Fsp3) is 0.150. The van der Waals surface area contributed by atoms with Gasteiger partial charge in [-0.05, 0) is 41.6 Å². The molecule has 8 nitrogen and oxygen atoms in total. The predicted octanol–water partition coefficient (Wildman–Crippen LogP) is 2.20. The molecule has 0 aromatic heterocycles. The molecule has 0 radical (unpaired) electrons. The minimum Gasteiger partial charge on any atom is -0.324 e. The Balaban J connectivity index is 1.64. The van der Waals surface area contributed by atoms with Gasteiger partial charge in [0.05, 0.1) is 15.5 Å². The zero-order valence-electron chi connectivity index (χ0n) is 16.0. The Morgan fingerprint density at radius 1 is 1.10 bits per heavy atom. The van der Waals surface area contributed by atoms with E-state index in [1.165, 1.54) is 12.1 Å². The number of amides is 1. The van der Waals surface area contributed by atoms with Crippen molar-refractivity contribution in [3.8, 4) is 0 Å². The second-order valence-corrected chi connectivity index (χ2v) is 10.3. The van der Waals surface area contributed by atoms with Crippen molar-refractivity contribution >= 4 is 48.1 Å². The first kappa shape index (κ1) is 20.3. The SMILES string of the molecule is CCc1ccc(NC(=O)CN2c3cccc4cccc(c34)S2(=O)=O)cc1S(N)(=O)=O. The Labute approximate surface area is 174 Å². The third-order valence-electron chi connectivity index (χ3n) is 5.01. The average Bonchev–Trinajstić information content (AvgIpc) is 2.91. The molecular formula is C20H19N3O5S2. The van der Waals surface area contributed by atoms with Crippen LogP contribution in [-0.2, 0) is 31.3 Å². The van der Waals surface area contributed by atoms with Gasteiger partial charge in [-0.2, -0.15) is 0 Å². The molecule has 1 amide bonds. The molecule has 1 aliphatic rings. The highest BCUT2D eigenvalue weighted by Gasteiger charge is 2.36. The molecule has 3 N–H and O–H groups in total. The van der Waals surface area contributed by atoms with Crippen LogP contribution in [0.15, 0.2) is 64.4 Å². The summed E-state index contributed by atoms with van der Waals surface area (Å²) in [5.41, 5.74) is 1.18. The first-order valence-corrected chi connectivity index (χ1v) is 12.1. The summed E-state index contributed by atoms with van der Waals surface area (Å²) in [6.07, 6.45) is 0.453. The van der Waals surface area contributed by atoms with E-state index in [1.807, 2.05) is 12.1 Å². The first-order chi connectivity index (χ1) is 14.1. The monoisotopic (exact) mass is 445 g/mol. The molecule has 0 aliphatic carbocycles. The van der Waals surface area contributed by atoms with Gasteiger partial charge in [0.2, 0.25) is 15.9 Å². The number of hydrogen-bond acceptors (Lipinski definition) is 5. The molecule has 156 valence electrons. The Morgan fingerprint density at radius 3 is 2.47 bits per heavy atom. The first-order valence-electron chi connectivity index (χ1n) is 9.13. The smallest absolute Gasteiger partial charge is 0.265 e. The molecule has 0 spiro atoms. The number of anilines is 2. The minimum absolute atomic E-state index is 0.0752. The third kappa shape index (κ3) is 3.32. The van der Waals surface area contributed by atoms with Crippen LogP contribution in [0.25, 0.3) is 10.8 Å². The van der Waals surface area contributed by atoms with E-state index in [0.717, 1.165) is 9.69 Å². The van der Waals surface area contributed by atoms with Crippen molar-refractivity contribution in [3.63, 3.8) is 0 Å². The van der Waals surface area contributed by atoms with Gasteiger partial charge in [-0.15, -0.1) is 0 Å². The second kappa shape index (κ2) is 7.08. The van der Waals surface area contributed by atoms with Crippen LogP contribution in [0, 0.1) is 0 Å². The molecule has 4 rings (SSSR count). The Bertz CT molecular complexity index is 1390. The number of carbonyl (C=O) groups excluding carboxylic acids is 1. The highest BCUT2D eigenvalue weighted by molar-refractivity contribution is 7.93. The Hall–Kier alpha value is -2.95. The molecule has 0 saturated carbocycles. The lowest BCUT2D eigenvalue weighted by atomic mass is 10.1. The molecule has 0 saturated heterocycles.